The smallest absolute Gasteiger partial charge is 0.175 e. The average Bonchev–Trinajstić information content (AvgIpc) is 2.34. The molecule has 18 heavy (non-hydrogen) atoms. The molecule has 0 aliphatic carbocycles. The molecular weight excluding hydrogens is 248 g/mol. The summed E-state index contributed by atoms with van der Waals surface area (Å²) in [6, 6.07) is 6.39. The van der Waals surface area contributed by atoms with E-state index in [0.29, 0.717) is 10.6 Å². The maximum atomic E-state index is 11.3. The van der Waals surface area contributed by atoms with Gasteiger partial charge in [-0.3, -0.25) is 0 Å². The Bertz CT molecular complexity index is 537. The average molecular weight is 266 g/mol. The van der Waals surface area contributed by atoms with E-state index in [9.17, 15) is 8.42 Å². The van der Waals surface area contributed by atoms with E-state index >= 15 is 0 Å². The summed E-state index contributed by atoms with van der Waals surface area (Å²) in [6.45, 7) is 3.94. The first-order chi connectivity index (χ1) is 8.47. The van der Waals surface area contributed by atoms with Gasteiger partial charge in [-0.2, -0.15) is 0 Å². The fourth-order valence-electron chi connectivity index (χ4n) is 1.31. The molecule has 0 heterocycles. The van der Waals surface area contributed by atoms with E-state index in [4.69, 9.17) is 4.74 Å². The minimum absolute atomic E-state index is 0.293. The molecule has 0 amide bonds. The van der Waals surface area contributed by atoms with Gasteiger partial charge in [0.05, 0.1) is 4.90 Å². The van der Waals surface area contributed by atoms with Crippen molar-refractivity contribution in [2.45, 2.75) is 25.2 Å². The van der Waals surface area contributed by atoms with Gasteiger partial charge in [0.2, 0.25) is 0 Å². The van der Waals surface area contributed by atoms with Gasteiger partial charge in [-0.05, 0) is 49.8 Å². The van der Waals surface area contributed by atoms with Gasteiger partial charge < -0.3 is 4.74 Å². The molecule has 0 atom stereocenters. The third kappa shape index (κ3) is 4.37. The molecule has 0 unspecified atom stereocenters. The van der Waals surface area contributed by atoms with Crippen molar-refractivity contribution in [1.82, 2.24) is 0 Å². The monoisotopic (exact) mass is 266 g/mol. The van der Waals surface area contributed by atoms with Gasteiger partial charge in [0.25, 0.3) is 0 Å². The summed E-state index contributed by atoms with van der Waals surface area (Å²) < 4.78 is 28.2. The van der Waals surface area contributed by atoms with Crippen molar-refractivity contribution in [3.05, 3.63) is 48.3 Å². The summed E-state index contributed by atoms with van der Waals surface area (Å²) in [5, 5.41) is 0. The minimum Gasteiger partial charge on any atom is -0.458 e. The van der Waals surface area contributed by atoms with Crippen LogP contribution in [0.1, 0.15) is 20.3 Å². The summed E-state index contributed by atoms with van der Waals surface area (Å²) in [5.41, 5.74) is 0. The second-order valence-corrected chi connectivity index (χ2v) is 5.86. The Labute approximate surface area is 109 Å². The van der Waals surface area contributed by atoms with Crippen molar-refractivity contribution >= 4 is 9.84 Å². The number of rotatable bonds is 5. The first-order valence-electron chi connectivity index (χ1n) is 5.78. The normalized spacial score (nSPS) is 12.9. The van der Waals surface area contributed by atoms with Gasteiger partial charge in [0, 0.05) is 6.26 Å². The zero-order valence-corrected chi connectivity index (χ0v) is 11.7. The van der Waals surface area contributed by atoms with Crippen LogP contribution in [0.3, 0.4) is 0 Å². The van der Waals surface area contributed by atoms with Gasteiger partial charge in [-0.1, -0.05) is 13.0 Å². The number of benzene rings is 1. The lowest BCUT2D eigenvalue weighted by Gasteiger charge is -2.06. The van der Waals surface area contributed by atoms with Crippen LogP contribution in [0.25, 0.3) is 0 Å². The highest BCUT2D eigenvalue weighted by Gasteiger charge is 2.06. The van der Waals surface area contributed by atoms with Crippen LogP contribution in [-0.2, 0) is 9.84 Å². The highest BCUT2D eigenvalue weighted by Crippen LogP contribution is 2.18. The molecular formula is C14H18O3S. The molecule has 0 fully saturated rings. The lowest BCUT2D eigenvalue weighted by atomic mass is 10.3. The van der Waals surface area contributed by atoms with Crippen molar-refractivity contribution in [1.29, 1.82) is 0 Å². The van der Waals surface area contributed by atoms with Gasteiger partial charge in [-0.15, -0.1) is 0 Å². The highest BCUT2D eigenvalue weighted by molar-refractivity contribution is 7.90. The molecule has 3 nitrogen and oxygen atoms in total. The topological polar surface area (TPSA) is 43.4 Å². The van der Waals surface area contributed by atoms with Crippen molar-refractivity contribution in [3.63, 3.8) is 0 Å². The van der Waals surface area contributed by atoms with E-state index in [1.807, 2.05) is 32.1 Å². The van der Waals surface area contributed by atoms with Crippen LogP contribution < -0.4 is 4.74 Å². The van der Waals surface area contributed by atoms with E-state index in [1.165, 1.54) is 6.26 Å². The standard InChI is InChI=1S/C14H18O3S/c1-4-6-7-12(5-2)17-13-8-10-14(11-9-13)18(3,15)16/h5-11H,4H2,1-3H3/b7-6-,12-5+. The molecule has 1 aromatic rings. The zero-order valence-electron chi connectivity index (χ0n) is 10.9. The molecule has 0 aliphatic heterocycles. The Morgan fingerprint density at radius 2 is 1.89 bits per heavy atom. The number of allylic oxidation sites excluding steroid dienone is 3. The van der Waals surface area contributed by atoms with Crippen LogP contribution in [0.4, 0.5) is 0 Å². The molecule has 1 aromatic carbocycles. The van der Waals surface area contributed by atoms with Crippen molar-refractivity contribution in [2.24, 2.45) is 0 Å². The second-order valence-electron chi connectivity index (χ2n) is 3.85. The molecule has 0 radical (unpaired) electrons. The Morgan fingerprint density at radius 1 is 1.28 bits per heavy atom. The first kappa shape index (κ1) is 14.5. The maximum absolute atomic E-state index is 11.3. The van der Waals surface area contributed by atoms with Gasteiger partial charge in [-0.25, -0.2) is 8.42 Å². The van der Waals surface area contributed by atoms with Crippen LogP contribution in [-0.4, -0.2) is 14.7 Å². The Hall–Kier alpha value is -1.55. The molecule has 1 rings (SSSR count). The lowest BCUT2D eigenvalue weighted by molar-refractivity contribution is 0.442. The summed E-state index contributed by atoms with van der Waals surface area (Å²) in [4.78, 5) is 0.293. The molecule has 98 valence electrons. The van der Waals surface area contributed by atoms with E-state index in [-0.39, 0.29) is 0 Å². The Kier molecular flexibility index (Phi) is 5.16. The maximum Gasteiger partial charge on any atom is 0.175 e. The SMILES string of the molecule is C/C=C(\C=C/CC)Oc1ccc(S(C)(=O)=O)cc1. The predicted molar refractivity (Wildman–Crippen MR) is 73.4 cm³/mol. The molecule has 4 heteroatoms. The third-order valence-corrected chi connectivity index (χ3v) is 3.42. The van der Waals surface area contributed by atoms with Gasteiger partial charge in [0.15, 0.2) is 9.84 Å². The first-order valence-corrected chi connectivity index (χ1v) is 7.67. The number of ether oxygens (including phenoxy) is 1. The largest absolute Gasteiger partial charge is 0.458 e. The van der Waals surface area contributed by atoms with E-state index in [0.717, 1.165) is 12.2 Å². The predicted octanol–water partition coefficient (Wildman–Crippen LogP) is 3.34. The van der Waals surface area contributed by atoms with E-state index in [2.05, 4.69) is 0 Å². The zero-order chi connectivity index (χ0) is 13.6. The second kappa shape index (κ2) is 6.40. The number of hydrogen-bond acceptors (Lipinski definition) is 3. The van der Waals surface area contributed by atoms with Crippen LogP contribution in [0.5, 0.6) is 5.75 Å². The van der Waals surface area contributed by atoms with Gasteiger partial charge >= 0.3 is 0 Å². The molecule has 0 N–H and O–H groups in total. The quantitative estimate of drug-likeness (QED) is 0.606. The molecule has 0 saturated carbocycles. The summed E-state index contributed by atoms with van der Waals surface area (Å²) in [5.74, 6) is 1.36. The van der Waals surface area contributed by atoms with Crippen LogP contribution >= 0.6 is 0 Å². The van der Waals surface area contributed by atoms with Crippen molar-refractivity contribution in [3.8, 4) is 5.75 Å². The number of sulfone groups is 1. The molecule has 0 saturated heterocycles. The fourth-order valence-corrected chi connectivity index (χ4v) is 1.94. The molecule has 0 spiro atoms. The molecule has 0 bridgehead atoms. The summed E-state index contributed by atoms with van der Waals surface area (Å²) in [7, 11) is -3.15. The summed E-state index contributed by atoms with van der Waals surface area (Å²) in [6.07, 6.45) is 7.87. The summed E-state index contributed by atoms with van der Waals surface area (Å²) >= 11 is 0. The Morgan fingerprint density at radius 3 is 2.33 bits per heavy atom. The molecule has 0 aliphatic rings. The Balaban J connectivity index is 2.84. The van der Waals surface area contributed by atoms with Crippen LogP contribution in [0, 0.1) is 0 Å². The fraction of sp³-hybridized carbons (Fsp3) is 0.286. The molecule has 0 aromatic heterocycles. The van der Waals surface area contributed by atoms with Crippen molar-refractivity contribution < 1.29 is 13.2 Å². The van der Waals surface area contributed by atoms with Crippen LogP contribution in [0.2, 0.25) is 0 Å². The lowest BCUT2D eigenvalue weighted by Crippen LogP contribution is -1.97. The minimum atomic E-state index is -3.15. The van der Waals surface area contributed by atoms with Crippen molar-refractivity contribution in [2.75, 3.05) is 6.26 Å². The highest BCUT2D eigenvalue weighted by atomic mass is 32.2. The number of hydrogen-bond donors (Lipinski definition) is 0. The van der Waals surface area contributed by atoms with Crippen LogP contribution in [0.15, 0.2) is 53.1 Å². The van der Waals surface area contributed by atoms with Gasteiger partial charge in [0.1, 0.15) is 11.5 Å². The third-order valence-electron chi connectivity index (χ3n) is 2.29. The van der Waals surface area contributed by atoms with E-state index < -0.39 is 9.84 Å². The van der Waals surface area contributed by atoms with E-state index in [1.54, 1.807) is 24.3 Å².